The maximum atomic E-state index is 12.7. The summed E-state index contributed by atoms with van der Waals surface area (Å²) in [6, 6.07) is 11.0. The van der Waals surface area contributed by atoms with E-state index in [2.05, 4.69) is 4.99 Å². The molecule has 7 nitrogen and oxygen atoms in total. The monoisotopic (exact) mass is 487 g/mol. The number of methoxy groups -OCH3 is 1. The number of hydrogen-bond donors (Lipinski definition) is 0. The zero-order valence-electron chi connectivity index (χ0n) is 20.0. The molecule has 0 N–H and O–H groups in total. The molecule has 0 amide bonds. The Morgan fingerprint density at radius 3 is 2.15 bits per heavy atom. The standard InChI is InChI=1S/C26H30ClNO6/c1-16(2)25(30)33-21-9-6-18(7-10-21)12-22(23(29)15-32-5)28-14-19-13-20(27)8-11-24(19)34-26(31)17(3)4/h6-11,13-14,16-17,22H,12,15H2,1-5H3. The Morgan fingerprint density at radius 2 is 1.56 bits per heavy atom. The van der Waals surface area contributed by atoms with Crippen molar-refractivity contribution < 1.29 is 28.6 Å². The Bertz CT molecular complexity index is 1030. The number of aliphatic imine (C=N–C) groups is 1. The van der Waals surface area contributed by atoms with Gasteiger partial charge in [-0.2, -0.15) is 0 Å². The van der Waals surface area contributed by atoms with Gasteiger partial charge in [-0.3, -0.25) is 19.4 Å². The summed E-state index contributed by atoms with van der Waals surface area (Å²) < 4.78 is 15.7. The fourth-order valence-corrected chi connectivity index (χ4v) is 2.93. The van der Waals surface area contributed by atoms with Crippen molar-refractivity contribution in [1.82, 2.24) is 0 Å². The van der Waals surface area contributed by atoms with Gasteiger partial charge in [0.05, 0.1) is 11.8 Å². The van der Waals surface area contributed by atoms with Crippen molar-refractivity contribution in [2.45, 2.75) is 40.2 Å². The van der Waals surface area contributed by atoms with Gasteiger partial charge in [-0.1, -0.05) is 51.4 Å². The fourth-order valence-electron chi connectivity index (χ4n) is 2.75. The van der Waals surface area contributed by atoms with E-state index in [9.17, 15) is 14.4 Å². The molecule has 0 saturated carbocycles. The molecule has 182 valence electrons. The average molecular weight is 488 g/mol. The van der Waals surface area contributed by atoms with Gasteiger partial charge in [0, 0.05) is 30.3 Å². The molecule has 2 aromatic carbocycles. The second-order valence-electron chi connectivity index (χ2n) is 8.38. The number of carbonyl (C=O) groups excluding carboxylic acids is 3. The van der Waals surface area contributed by atoms with E-state index in [1.54, 1.807) is 70.2 Å². The van der Waals surface area contributed by atoms with Crippen LogP contribution in [0.1, 0.15) is 38.8 Å². The third-order valence-corrected chi connectivity index (χ3v) is 4.98. The molecule has 2 rings (SSSR count). The molecule has 1 atom stereocenters. The quantitative estimate of drug-likeness (QED) is 0.259. The number of ether oxygens (including phenoxy) is 3. The van der Waals surface area contributed by atoms with Crippen molar-refractivity contribution in [3.05, 3.63) is 58.6 Å². The van der Waals surface area contributed by atoms with E-state index in [1.807, 2.05) is 0 Å². The third-order valence-electron chi connectivity index (χ3n) is 4.75. The van der Waals surface area contributed by atoms with Crippen molar-refractivity contribution in [2.24, 2.45) is 16.8 Å². The molecular weight excluding hydrogens is 458 g/mol. The van der Waals surface area contributed by atoms with Crippen molar-refractivity contribution in [3.8, 4) is 11.5 Å². The highest BCUT2D eigenvalue weighted by Gasteiger charge is 2.19. The molecule has 0 spiro atoms. The summed E-state index contributed by atoms with van der Waals surface area (Å²) in [4.78, 5) is 40.9. The Labute approximate surface area is 205 Å². The van der Waals surface area contributed by atoms with E-state index in [1.165, 1.54) is 13.3 Å². The first-order valence-corrected chi connectivity index (χ1v) is 11.3. The largest absolute Gasteiger partial charge is 0.426 e. The second kappa shape index (κ2) is 13.0. The van der Waals surface area contributed by atoms with Crippen LogP contribution in [-0.4, -0.2) is 43.7 Å². The van der Waals surface area contributed by atoms with Crippen molar-refractivity contribution in [1.29, 1.82) is 0 Å². The number of ketones is 1. The van der Waals surface area contributed by atoms with Crippen LogP contribution < -0.4 is 9.47 Å². The van der Waals surface area contributed by atoms with Gasteiger partial charge in [0.2, 0.25) is 0 Å². The number of Topliss-reactive ketones (excluding diaryl/α,β-unsaturated/α-hetero) is 1. The zero-order chi connectivity index (χ0) is 25.3. The van der Waals surface area contributed by atoms with Crippen LogP contribution in [0, 0.1) is 11.8 Å². The lowest BCUT2D eigenvalue weighted by Gasteiger charge is -2.13. The normalized spacial score (nSPS) is 12.2. The highest BCUT2D eigenvalue weighted by Crippen LogP contribution is 2.23. The number of nitrogens with zero attached hydrogens (tertiary/aromatic N) is 1. The summed E-state index contributed by atoms with van der Waals surface area (Å²) in [7, 11) is 1.44. The summed E-state index contributed by atoms with van der Waals surface area (Å²) in [6.45, 7) is 6.89. The number of carbonyl (C=O) groups is 3. The summed E-state index contributed by atoms with van der Waals surface area (Å²) in [5.41, 5.74) is 1.31. The van der Waals surface area contributed by atoms with Crippen LogP contribution >= 0.6 is 11.6 Å². The number of rotatable bonds is 11. The minimum Gasteiger partial charge on any atom is -0.426 e. The molecule has 34 heavy (non-hydrogen) atoms. The molecule has 0 saturated heterocycles. The molecule has 0 aliphatic carbocycles. The average Bonchev–Trinajstić information content (AvgIpc) is 2.79. The van der Waals surface area contributed by atoms with Crippen LogP contribution in [0.15, 0.2) is 47.5 Å². The molecule has 0 aliphatic heterocycles. The van der Waals surface area contributed by atoms with Crippen LogP contribution in [0.4, 0.5) is 0 Å². The first-order chi connectivity index (χ1) is 16.1. The van der Waals surface area contributed by atoms with E-state index in [4.69, 9.17) is 25.8 Å². The molecule has 2 aromatic rings. The Hall–Kier alpha value is -3.03. The van der Waals surface area contributed by atoms with E-state index >= 15 is 0 Å². The van der Waals surface area contributed by atoms with Gasteiger partial charge in [-0.15, -0.1) is 0 Å². The van der Waals surface area contributed by atoms with Crippen molar-refractivity contribution >= 4 is 35.5 Å². The topological polar surface area (TPSA) is 91.3 Å². The predicted molar refractivity (Wildman–Crippen MR) is 131 cm³/mol. The third kappa shape index (κ3) is 8.39. The molecular formula is C26H30ClNO6. The Morgan fingerprint density at radius 1 is 0.941 bits per heavy atom. The number of benzene rings is 2. The number of halogens is 1. The maximum absolute atomic E-state index is 12.7. The minimum atomic E-state index is -0.739. The molecule has 8 heteroatoms. The number of hydrogen-bond acceptors (Lipinski definition) is 7. The first kappa shape index (κ1) is 27.2. The zero-order valence-corrected chi connectivity index (χ0v) is 20.8. The van der Waals surface area contributed by atoms with E-state index in [-0.39, 0.29) is 36.2 Å². The molecule has 0 aromatic heterocycles. The van der Waals surface area contributed by atoms with Crippen molar-refractivity contribution in [2.75, 3.05) is 13.7 Å². The van der Waals surface area contributed by atoms with E-state index in [0.29, 0.717) is 28.5 Å². The first-order valence-electron chi connectivity index (χ1n) is 11.0. The molecule has 0 radical (unpaired) electrons. The summed E-state index contributed by atoms with van der Waals surface area (Å²) in [5, 5.41) is 0.442. The fraction of sp³-hybridized carbons (Fsp3) is 0.385. The smallest absolute Gasteiger partial charge is 0.313 e. The van der Waals surface area contributed by atoms with Crippen LogP contribution in [0.25, 0.3) is 0 Å². The lowest BCUT2D eigenvalue weighted by Crippen LogP contribution is -2.25. The van der Waals surface area contributed by atoms with E-state index < -0.39 is 6.04 Å². The van der Waals surface area contributed by atoms with Gasteiger partial charge in [-0.05, 0) is 35.9 Å². The minimum absolute atomic E-state index is 0.100. The SMILES string of the molecule is COCC(=O)C(Cc1ccc(OC(=O)C(C)C)cc1)N=Cc1cc(Cl)ccc1OC(=O)C(C)C. The molecule has 0 aliphatic rings. The lowest BCUT2D eigenvalue weighted by molar-refractivity contribution is -0.138. The van der Waals surface area contributed by atoms with Crippen LogP contribution in [0.3, 0.4) is 0 Å². The van der Waals surface area contributed by atoms with Crippen LogP contribution in [-0.2, 0) is 25.5 Å². The van der Waals surface area contributed by atoms with Gasteiger partial charge in [0.1, 0.15) is 24.1 Å². The maximum Gasteiger partial charge on any atom is 0.313 e. The van der Waals surface area contributed by atoms with Gasteiger partial charge in [0.25, 0.3) is 0 Å². The van der Waals surface area contributed by atoms with Crippen LogP contribution in [0.5, 0.6) is 11.5 Å². The Kier molecular flexibility index (Phi) is 10.4. The summed E-state index contributed by atoms with van der Waals surface area (Å²) in [5.74, 6) is -0.719. The highest BCUT2D eigenvalue weighted by atomic mass is 35.5. The molecule has 0 heterocycles. The van der Waals surface area contributed by atoms with Gasteiger partial charge in [-0.25, -0.2) is 0 Å². The van der Waals surface area contributed by atoms with Gasteiger partial charge >= 0.3 is 11.9 Å². The van der Waals surface area contributed by atoms with Gasteiger partial charge in [0.15, 0.2) is 5.78 Å². The van der Waals surface area contributed by atoms with E-state index in [0.717, 1.165) is 5.56 Å². The van der Waals surface area contributed by atoms with Gasteiger partial charge < -0.3 is 14.2 Å². The lowest BCUT2D eigenvalue weighted by atomic mass is 10.0. The molecule has 1 unspecified atom stereocenters. The molecule has 0 fully saturated rings. The van der Waals surface area contributed by atoms with Crippen LogP contribution in [0.2, 0.25) is 5.02 Å². The predicted octanol–water partition coefficient (Wildman–Crippen LogP) is 4.71. The van der Waals surface area contributed by atoms with Crippen molar-refractivity contribution in [3.63, 3.8) is 0 Å². The Balaban J connectivity index is 2.24. The molecule has 0 bridgehead atoms. The summed E-state index contributed by atoms with van der Waals surface area (Å²) >= 11 is 6.12. The summed E-state index contributed by atoms with van der Waals surface area (Å²) in [6.07, 6.45) is 1.78. The highest BCUT2D eigenvalue weighted by molar-refractivity contribution is 6.31. The second-order valence-corrected chi connectivity index (χ2v) is 8.81. The number of esters is 2.